The van der Waals surface area contributed by atoms with Crippen LogP contribution in [0.15, 0.2) is 200 Å². The molecule has 15 aromatic rings. The van der Waals surface area contributed by atoms with Crippen molar-refractivity contribution in [2.24, 2.45) is 0 Å². The van der Waals surface area contributed by atoms with Crippen molar-refractivity contribution in [3.05, 3.63) is 234 Å². The molecular weight excluding hydrogens is 964 g/mol. The van der Waals surface area contributed by atoms with Crippen molar-refractivity contribution in [2.75, 3.05) is 0 Å². The zero-order chi connectivity index (χ0) is 52.8. The second kappa shape index (κ2) is 13.7. The van der Waals surface area contributed by atoms with Gasteiger partial charge in [-0.2, -0.15) is 0 Å². The molecule has 11 aromatic carbocycles. The molecule has 3 nitrogen and oxygen atoms in total. The summed E-state index contributed by atoms with van der Waals surface area (Å²) >= 11 is 0. The number of nitrogens with zero attached hydrogens (tertiary/aromatic N) is 3. The molecule has 0 saturated heterocycles. The Hall–Kier alpha value is -9.05. The van der Waals surface area contributed by atoms with Crippen LogP contribution in [0.25, 0.3) is 115 Å². The molecule has 5 aliphatic rings. The van der Waals surface area contributed by atoms with E-state index in [1.165, 1.54) is 181 Å². The van der Waals surface area contributed by atoms with E-state index in [9.17, 15) is 0 Å². The third-order valence-electron chi connectivity index (χ3n) is 21.2. The molecule has 0 spiro atoms. The third kappa shape index (κ3) is 4.60. The van der Waals surface area contributed by atoms with Crippen molar-refractivity contribution in [3.63, 3.8) is 0 Å². The summed E-state index contributed by atoms with van der Waals surface area (Å²) in [5, 5.41) is 10.7. The lowest BCUT2D eigenvalue weighted by Crippen LogP contribution is -2.63. The number of hydrogen-bond acceptors (Lipinski definition) is 0. The highest BCUT2D eigenvalue weighted by atomic mass is 15.0. The maximum absolute atomic E-state index is 2.64. The fraction of sp³-hybridized carbons (Fsp3) is 0.120. The second-order valence-electron chi connectivity index (χ2n) is 25.8. The van der Waals surface area contributed by atoms with Crippen LogP contribution in [0.4, 0.5) is 0 Å². The van der Waals surface area contributed by atoms with Gasteiger partial charge in [-0.3, -0.25) is 0 Å². The Morgan fingerprint density at radius 1 is 0.338 bits per heavy atom. The molecule has 0 fully saturated rings. The first kappa shape index (κ1) is 42.9. The average Bonchev–Trinajstić information content (AvgIpc) is 3.31. The van der Waals surface area contributed by atoms with Crippen molar-refractivity contribution in [3.8, 4) is 33.6 Å². The van der Waals surface area contributed by atoms with Gasteiger partial charge < -0.3 is 13.5 Å². The summed E-state index contributed by atoms with van der Waals surface area (Å²) in [6, 6.07) is 78.1. The summed E-state index contributed by atoms with van der Waals surface area (Å²) in [7, 11) is 0. The first-order chi connectivity index (χ1) is 39.0. The molecule has 0 unspecified atom stereocenters. The van der Waals surface area contributed by atoms with Gasteiger partial charge in [-0.15, -0.1) is 0 Å². The largest absolute Gasteiger partial charge is 0.310 e. The number of aromatic nitrogens is 3. The SMILES string of the molecule is CC1(C)c2ccccc2-c2c1ccc1c2C(C)(C)c2cccc3c2B1c1cccc2c4cc(-c5ccc6c7c8c(ccc7n(-c7ccccc7)c6c5)B5c6cccc7c9cccc%10c%11ccc(c5c%11n(c67)c9%10)C8(C)C)ccc4n-3c12. The highest BCUT2D eigenvalue weighted by Gasteiger charge is 2.50. The predicted octanol–water partition coefficient (Wildman–Crippen LogP) is 13.9. The van der Waals surface area contributed by atoms with Crippen LogP contribution in [0, 0.1) is 0 Å². The van der Waals surface area contributed by atoms with Gasteiger partial charge in [-0.1, -0.05) is 210 Å². The molecule has 0 saturated carbocycles. The minimum Gasteiger partial charge on any atom is -0.310 e. The molecule has 372 valence electrons. The Morgan fingerprint density at radius 3 is 1.75 bits per heavy atom. The smallest absolute Gasteiger partial charge is 0.247 e. The zero-order valence-electron chi connectivity index (χ0n) is 45.5. The van der Waals surface area contributed by atoms with Crippen molar-refractivity contribution < 1.29 is 0 Å². The fourth-order valence-electron chi connectivity index (χ4n) is 18.1. The fourth-order valence-corrected chi connectivity index (χ4v) is 18.1. The van der Waals surface area contributed by atoms with Gasteiger partial charge in [-0.05, 0) is 120 Å². The molecule has 0 N–H and O–H groups in total. The Balaban J connectivity index is 0.804. The lowest BCUT2D eigenvalue weighted by atomic mass is 9.30. The lowest BCUT2D eigenvalue weighted by molar-refractivity contribution is 0.638. The van der Waals surface area contributed by atoms with Crippen molar-refractivity contribution in [1.82, 2.24) is 13.5 Å². The molecule has 4 aromatic heterocycles. The predicted molar refractivity (Wildman–Crippen MR) is 339 cm³/mol. The van der Waals surface area contributed by atoms with Gasteiger partial charge in [0.25, 0.3) is 0 Å². The summed E-state index contributed by atoms with van der Waals surface area (Å²) in [6.07, 6.45) is 0. The number of hydrogen-bond donors (Lipinski definition) is 0. The van der Waals surface area contributed by atoms with Crippen LogP contribution in [-0.4, -0.2) is 27.0 Å². The highest BCUT2D eigenvalue weighted by Crippen LogP contribution is 2.54. The van der Waals surface area contributed by atoms with E-state index in [0.717, 1.165) is 0 Å². The van der Waals surface area contributed by atoms with Crippen molar-refractivity contribution >= 4 is 128 Å². The summed E-state index contributed by atoms with van der Waals surface area (Å²) < 4.78 is 7.80. The van der Waals surface area contributed by atoms with Crippen LogP contribution in [0.1, 0.15) is 74.9 Å². The zero-order valence-corrected chi connectivity index (χ0v) is 45.5. The Labute approximate surface area is 463 Å². The second-order valence-corrected chi connectivity index (χ2v) is 25.8. The molecule has 8 heterocycles. The van der Waals surface area contributed by atoms with Crippen LogP contribution in [0.5, 0.6) is 0 Å². The first-order valence-corrected chi connectivity index (χ1v) is 28.9. The summed E-state index contributed by atoms with van der Waals surface area (Å²) in [5.74, 6) is 0. The van der Waals surface area contributed by atoms with E-state index in [4.69, 9.17) is 0 Å². The molecule has 1 aliphatic carbocycles. The van der Waals surface area contributed by atoms with Gasteiger partial charge >= 0.3 is 0 Å². The molecule has 20 rings (SSSR count). The van der Waals surface area contributed by atoms with Crippen LogP contribution < -0.4 is 32.8 Å². The van der Waals surface area contributed by atoms with E-state index in [1.807, 2.05) is 0 Å². The lowest BCUT2D eigenvalue weighted by Gasteiger charge is -2.43. The molecule has 5 heteroatoms. The van der Waals surface area contributed by atoms with Gasteiger partial charge in [0.2, 0.25) is 13.4 Å². The highest BCUT2D eigenvalue weighted by molar-refractivity contribution is 7.00. The van der Waals surface area contributed by atoms with Crippen LogP contribution in [-0.2, 0) is 16.2 Å². The van der Waals surface area contributed by atoms with Crippen molar-refractivity contribution in [2.45, 2.75) is 57.8 Å². The van der Waals surface area contributed by atoms with Gasteiger partial charge in [0.15, 0.2) is 0 Å². The minimum atomic E-state index is -0.281. The number of benzene rings is 11. The molecule has 0 radical (unpaired) electrons. The Morgan fingerprint density at radius 2 is 0.925 bits per heavy atom. The molecule has 0 atom stereocenters. The monoisotopic (exact) mass is 1020 g/mol. The molecule has 0 bridgehead atoms. The van der Waals surface area contributed by atoms with E-state index >= 15 is 0 Å². The van der Waals surface area contributed by atoms with Crippen LogP contribution in [0.2, 0.25) is 0 Å². The van der Waals surface area contributed by atoms with Crippen LogP contribution >= 0.6 is 0 Å². The first-order valence-electron chi connectivity index (χ1n) is 28.9. The number of fused-ring (bicyclic) bond motifs is 20. The topological polar surface area (TPSA) is 14.3 Å². The summed E-state index contributed by atoms with van der Waals surface area (Å²) in [4.78, 5) is 0. The average molecular weight is 1020 g/mol. The van der Waals surface area contributed by atoms with E-state index in [0.29, 0.717) is 0 Å². The quantitative estimate of drug-likeness (QED) is 0.153. The molecule has 80 heavy (non-hydrogen) atoms. The summed E-state index contributed by atoms with van der Waals surface area (Å²) in [6.45, 7) is 15.0. The summed E-state index contributed by atoms with van der Waals surface area (Å²) in [5.41, 5.74) is 33.8. The van der Waals surface area contributed by atoms with E-state index in [-0.39, 0.29) is 29.7 Å². The maximum atomic E-state index is 2.64. The van der Waals surface area contributed by atoms with Gasteiger partial charge in [0, 0.05) is 87.3 Å². The van der Waals surface area contributed by atoms with Gasteiger partial charge in [0.1, 0.15) is 0 Å². The van der Waals surface area contributed by atoms with Gasteiger partial charge in [0.05, 0.1) is 22.1 Å². The van der Waals surface area contributed by atoms with E-state index in [1.54, 1.807) is 0 Å². The molecular formula is C75H51B2N3. The molecule has 0 amide bonds. The van der Waals surface area contributed by atoms with Gasteiger partial charge in [-0.25, -0.2) is 0 Å². The van der Waals surface area contributed by atoms with Crippen LogP contribution in [0.3, 0.4) is 0 Å². The molecule has 4 aliphatic heterocycles. The Kier molecular flexibility index (Phi) is 7.33. The Bertz CT molecular complexity index is 5470. The number of rotatable bonds is 2. The normalized spacial score (nSPS) is 16.1. The van der Waals surface area contributed by atoms with E-state index < -0.39 is 0 Å². The van der Waals surface area contributed by atoms with Crippen molar-refractivity contribution in [1.29, 1.82) is 0 Å². The standard InChI is InChI=1S/C75H51B2N3/c1-73(2)51-23-11-10-18-48(51)63-52(73)33-34-55-65(63)74(3,4)53-24-15-27-61-67(53)76(55)57-25-14-22-46-50-38-40(29-36-59(50)79(61)70(46)57)41-28-30-49-62(39-41)78(42-16-8-7-9-17-42)60-37-35-56-66(64(49)60)75(5,6)54-32-31-47-44-20-12-19-43-45-21-13-26-58-71(45)80(69(43)44)72(47)68(54)77(56)58/h7-39H,1-6H3. The number of para-hydroxylation sites is 4. The van der Waals surface area contributed by atoms with E-state index in [2.05, 4.69) is 255 Å². The maximum Gasteiger partial charge on any atom is 0.247 e. The third-order valence-corrected chi connectivity index (χ3v) is 21.2. The minimum absolute atomic E-state index is 0.0660.